The monoisotopic (exact) mass is 276 g/mol. The lowest BCUT2D eigenvalue weighted by Gasteiger charge is -2.24. The summed E-state index contributed by atoms with van der Waals surface area (Å²) in [4.78, 5) is 21.2. The summed E-state index contributed by atoms with van der Waals surface area (Å²) in [6.07, 6.45) is -5.64. The maximum absolute atomic E-state index is 12.5. The molecular weight excluding hydrogens is 265 g/mol. The van der Waals surface area contributed by atoms with E-state index in [4.69, 9.17) is 0 Å². The number of unbranched alkanes of at least 4 members (excludes halogenated alkanes) is 1. The first kappa shape index (κ1) is 16.6. The number of carbonyl (C=O) groups is 2. The Balaban J connectivity index is 4.75. The molecule has 106 valence electrons. The highest BCUT2D eigenvalue weighted by atomic mass is 19.4. The molecule has 0 aliphatic heterocycles. The summed E-state index contributed by atoms with van der Waals surface area (Å²) in [6.45, 7) is 1.65. The molecule has 0 bridgehead atoms. The Labute approximate surface area is 99.2 Å². The number of carboxylic acids is 1. The van der Waals surface area contributed by atoms with Crippen LogP contribution in [0.3, 0.4) is 0 Å². The van der Waals surface area contributed by atoms with Crippen molar-refractivity contribution >= 4 is 11.9 Å². The van der Waals surface area contributed by atoms with Gasteiger partial charge in [0.05, 0.1) is 12.0 Å². The summed E-state index contributed by atoms with van der Waals surface area (Å²) in [5.41, 5.74) is 0. The van der Waals surface area contributed by atoms with Gasteiger partial charge < -0.3 is 15.2 Å². The third kappa shape index (κ3) is 4.11. The SMILES string of the molecule is CCCC[C@@H](NC(=O)C(F)(F)C(F)(F)F)C(=O)[O-]. The first-order valence-corrected chi connectivity index (χ1v) is 5.00. The van der Waals surface area contributed by atoms with E-state index in [2.05, 4.69) is 0 Å². The number of amides is 1. The molecular formula is C9H11F5NO3-. The smallest absolute Gasteiger partial charge is 0.463 e. The van der Waals surface area contributed by atoms with Crippen molar-refractivity contribution < 1.29 is 36.6 Å². The van der Waals surface area contributed by atoms with Gasteiger partial charge in [0.25, 0.3) is 0 Å². The summed E-state index contributed by atoms with van der Waals surface area (Å²) in [5, 5.41) is 11.6. The number of alkyl halides is 5. The second kappa shape index (κ2) is 5.96. The van der Waals surface area contributed by atoms with Crippen LogP contribution in [0.4, 0.5) is 22.0 Å². The third-order valence-corrected chi connectivity index (χ3v) is 2.08. The topological polar surface area (TPSA) is 69.2 Å². The van der Waals surface area contributed by atoms with Gasteiger partial charge in [0.1, 0.15) is 0 Å². The van der Waals surface area contributed by atoms with Crippen LogP contribution < -0.4 is 10.4 Å². The number of halogens is 5. The second-order valence-corrected chi connectivity index (χ2v) is 3.56. The van der Waals surface area contributed by atoms with Crippen molar-refractivity contribution in [1.29, 1.82) is 0 Å². The largest absolute Gasteiger partial charge is 0.548 e. The van der Waals surface area contributed by atoms with Crippen LogP contribution >= 0.6 is 0 Å². The Hall–Kier alpha value is -1.41. The fourth-order valence-corrected chi connectivity index (χ4v) is 1.03. The van der Waals surface area contributed by atoms with Crippen LogP contribution in [0, 0.1) is 0 Å². The lowest BCUT2D eigenvalue weighted by atomic mass is 10.1. The van der Waals surface area contributed by atoms with Crippen LogP contribution in [0.25, 0.3) is 0 Å². The lowest BCUT2D eigenvalue weighted by molar-refractivity contribution is -0.309. The molecule has 9 heteroatoms. The Morgan fingerprint density at radius 3 is 2.06 bits per heavy atom. The molecule has 18 heavy (non-hydrogen) atoms. The predicted molar refractivity (Wildman–Crippen MR) is 47.5 cm³/mol. The van der Waals surface area contributed by atoms with Crippen molar-refractivity contribution in [3.05, 3.63) is 0 Å². The van der Waals surface area contributed by atoms with Crippen LogP contribution in [0.2, 0.25) is 0 Å². The molecule has 0 rings (SSSR count). The quantitative estimate of drug-likeness (QED) is 0.723. The van der Waals surface area contributed by atoms with Crippen molar-refractivity contribution in [2.24, 2.45) is 0 Å². The number of aliphatic carboxylic acids is 1. The van der Waals surface area contributed by atoms with Gasteiger partial charge in [-0.2, -0.15) is 22.0 Å². The molecule has 0 aromatic heterocycles. The minimum absolute atomic E-state index is 0.233. The van der Waals surface area contributed by atoms with E-state index in [1.807, 2.05) is 0 Å². The molecule has 0 aromatic rings. The third-order valence-electron chi connectivity index (χ3n) is 2.08. The van der Waals surface area contributed by atoms with Crippen molar-refractivity contribution in [3.63, 3.8) is 0 Å². The molecule has 1 N–H and O–H groups in total. The van der Waals surface area contributed by atoms with E-state index in [9.17, 15) is 36.6 Å². The molecule has 0 heterocycles. The van der Waals surface area contributed by atoms with Crippen molar-refractivity contribution in [3.8, 4) is 0 Å². The molecule has 4 nitrogen and oxygen atoms in total. The average Bonchev–Trinajstić information content (AvgIpc) is 2.21. The molecule has 0 aliphatic carbocycles. The van der Waals surface area contributed by atoms with Crippen molar-refractivity contribution in [1.82, 2.24) is 5.32 Å². The molecule has 0 saturated carbocycles. The first-order valence-electron chi connectivity index (χ1n) is 5.00. The number of carbonyl (C=O) groups excluding carboxylic acids is 2. The minimum Gasteiger partial charge on any atom is -0.548 e. The van der Waals surface area contributed by atoms with E-state index in [1.54, 1.807) is 6.92 Å². The van der Waals surface area contributed by atoms with Crippen molar-refractivity contribution in [2.75, 3.05) is 0 Å². The minimum atomic E-state index is -6.07. The molecule has 0 radical (unpaired) electrons. The van der Waals surface area contributed by atoms with Crippen LogP contribution in [0.1, 0.15) is 26.2 Å². The van der Waals surface area contributed by atoms with Crippen molar-refractivity contribution in [2.45, 2.75) is 44.3 Å². The lowest BCUT2D eigenvalue weighted by Crippen LogP contribution is -2.56. The number of hydrogen-bond donors (Lipinski definition) is 1. The highest BCUT2D eigenvalue weighted by Crippen LogP contribution is 2.35. The van der Waals surface area contributed by atoms with Crippen LogP contribution in [-0.4, -0.2) is 30.0 Å². The number of carboxylic acid groups (broad SMARTS) is 1. The van der Waals surface area contributed by atoms with Gasteiger partial charge in [-0.3, -0.25) is 4.79 Å². The van der Waals surface area contributed by atoms with E-state index >= 15 is 0 Å². The number of hydrogen-bond acceptors (Lipinski definition) is 3. The standard InChI is InChI=1S/C9H12F5NO3/c1-2-3-4-5(6(16)17)15-7(18)8(10,11)9(12,13)14/h5H,2-4H2,1H3,(H,15,18)(H,16,17)/p-1/t5-/m1/s1. The van der Waals surface area contributed by atoms with Gasteiger partial charge in [-0.1, -0.05) is 19.8 Å². The molecule has 1 amide bonds. The van der Waals surface area contributed by atoms with Gasteiger partial charge in [0.2, 0.25) is 0 Å². The van der Waals surface area contributed by atoms with Gasteiger partial charge in [-0.25, -0.2) is 0 Å². The highest BCUT2D eigenvalue weighted by Gasteiger charge is 2.63. The van der Waals surface area contributed by atoms with E-state index < -0.39 is 30.0 Å². The fraction of sp³-hybridized carbons (Fsp3) is 0.778. The van der Waals surface area contributed by atoms with Crippen LogP contribution in [-0.2, 0) is 9.59 Å². The van der Waals surface area contributed by atoms with Crippen LogP contribution in [0.15, 0.2) is 0 Å². The molecule has 0 saturated heterocycles. The zero-order valence-corrected chi connectivity index (χ0v) is 9.31. The normalized spacial score (nSPS) is 14.1. The zero-order valence-electron chi connectivity index (χ0n) is 9.31. The van der Waals surface area contributed by atoms with E-state index in [0.717, 1.165) is 5.32 Å². The molecule has 0 spiro atoms. The summed E-state index contributed by atoms with van der Waals surface area (Å²) >= 11 is 0. The number of nitrogens with one attached hydrogen (secondary N) is 1. The highest BCUT2D eigenvalue weighted by molar-refractivity contribution is 5.88. The predicted octanol–water partition coefficient (Wildman–Crippen LogP) is 0.609. The van der Waals surface area contributed by atoms with Gasteiger partial charge in [-0.05, 0) is 6.42 Å². The molecule has 1 atom stereocenters. The Morgan fingerprint density at radius 2 is 1.72 bits per heavy atom. The molecule has 0 aliphatic rings. The Morgan fingerprint density at radius 1 is 1.22 bits per heavy atom. The molecule has 0 unspecified atom stereocenters. The maximum Gasteiger partial charge on any atom is 0.463 e. The number of rotatable bonds is 6. The second-order valence-electron chi connectivity index (χ2n) is 3.56. The van der Waals surface area contributed by atoms with Gasteiger partial charge in [0, 0.05) is 0 Å². The van der Waals surface area contributed by atoms with E-state index in [1.165, 1.54) is 0 Å². The summed E-state index contributed by atoms with van der Waals surface area (Å²) < 4.78 is 60.5. The zero-order chi connectivity index (χ0) is 14.6. The Bertz CT molecular complexity index is 316. The average molecular weight is 276 g/mol. The van der Waals surface area contributed by atoms with Gasteiger partial charge in [0.15, 0.2) is 0 Å². The van der Waals surface area contributed by atoms with Gasteiger partial charge in [-0.15, -0.1) is 0 Å². The summed E-state index contributed by atoms with van der Waals surface area (Å²) in [6, 6.07) is -1.87. The maximum atomic E-state index is 12.5. The first-order chi connectivity index (χ1) is 8.04. The van der Waals surface area contributed by atoms with E-state index in [-0.39, 0.29) is 12.8 Å². The summed E-state index contributed by atoms with van der Waals surface area (Å²) in [7, 11) is 0. The van der Waals surface area contributed by atoms with Gasteiger partial charge >= 0.3 is 18.0 Å². The Kier molecular flexibility index (Phi) is 5.50. The van der Waals surface area contributed by atoms with Crippen LogP contribution in [0.5, 0.6) is 0 Å². The fourth-order valence-electron chi connectivity index (χ4n) is 1.03. The summed E-state index contributed by atoms with van der Waals surface area (Å²) in [5.74, 6) is -10.2. The van der Waals surface area contributed by atoms with E-state index in [0.29, 0.717) is 6.42 Å². The molecule has 0 aromatic carbocycles. The molecule has 0 fully saturated rings.